The maximum Gasteiger partial charge on any atom is 0.274 e. The SMILES string of the molecule is CCN(CC)OP(O)N(Cc1ccccc1)Cc1ccccc1. The fourth-order valence-electron chi connectivity index (χ4n) is 2.26. The lowest BCUT2D eigenvalue weighted by Gasteiger charge is -2.29. The van der Waals surface area contributed by atoms with E-state index in [9.17, 15) is 4.89 Å². The van der Waals surface area contributed by atoms with Crippen LogP contribution in [0.15, 0.2) is 60.7 Å². The first-order valence-corrected chi connectivity index (χ1v) is 9.14. The van der Waals surface area contributed by atoms with E-state index >= 15 is 0 Å². The summed E-state index contributed by atoms with van der Waals surface area (Å²) in [4.78, 5) is 10.6. The fraction of sp³-hybridized carbons (Fsp3) is 0.333. The maximum absolute atomic E-state index is 10.6. The summed E-state index contributed by atoms with van der Waals surface area (Å²) in [5, 5.41) is 1.79. The first-order valence-electron chi connectivity index (χ1n) is 7.97. The first kappa shape index (κ1) is 18.1. The van der Waals surface area contributed by atoms with Gasteiger partial charge in [-0.2, -0.15) is 5.06 Å². The Morgan fingerprint density at radius 1 is 0.826 bits per heavy atom. The molecule has 0 radical (unpaired) electrons. The number of hydroxylamine groups is 2. The third kappa shape index (κ3) is 6.02. The minimum Gasteiger partial charge on any atom is -0.337 e. The molecule has 0 saturated carbocycles. The van der Waals surface area contributed by atoms with E-state index in [2.05, 4.69) is 24.3 Å². The van der Waals surface area contributed by atoms with E-state index in [-0.39, 0.29) is 0 Å². The molecule has 0 amide bonds. The van der Waals surface area contributed by atoms with E-state index in [1.54, 1.807) is 5.06 Å². The summed E-state index contributed by atoms with van der Waals surface area (Å²) in [5.41, 5.74) is 2.32. The van der Waals surface area contributed by atoms with Crippen molar-refractivity contribution in [3.63, 3.8) is 0 Å². The third-order valence-corrected chi connectivity index (χ3v) is 4.70. The highest BCUT2D eigenvalue weighted by Crippen LogP contribution is 2.40. The zero-order chi connectivity index (χ0) is 16.5. The summed E-state index contributed by atoms with van der Waals surface area (Å²) in [6.07, 6.45) is 0. The van der Waals surface area contributed by atoms with Crippen LogP contribution in [0.4, 0.5) is 0 Å². The molecule has 2 aromatic rings. The van der Waals surface area contributed by atoms with E-state index in [4.69, 9.17) is 4.62 Å². The fourth-order valence-corrected chi connectivity index (χ4v) is 3.37. The molecule has 0 aliphatic carbocycles. The molecule has 4 nitrogen and oxygen atoms in total. The van der Waals surface area contributed by atoms with Crippen molar-refractivity contribution in [2.75, 3.05) is 13.1 Å². The molecular formula is C18H25N2O2P. The van der Waals surface area contributed by atoms with E-state index < -0.39 is 8.53 Å². The summed E-state index contributed by atoms with van der Waals surface area (Å²) in [6.45, 7) is 6.84. The van der Waals surface area contributed by atoms with Crippen LogP contribution >= 0.6 is 8.53 Å². The van der Waals surface area contributed by atoms with Crippen molar-refractivity contribution in [1.29, 1.82) is 0 Å². The van der Waals surface area contributed by atoms with E-state index in [1.807, 2.05) is 54.9 Å². The highest BCUT2D eigenvalue weighted by Gasteiger charge is 2.21. The van der Waals surface area contributed by atoms with Crippen LogP contribution in [0.25, 0.3) is 0 Å². The molecule has 0 saturated heterocycles. The lowest BCUT2D eigenvalue weighted by atomic mass is 10.2. The van der Waals surface area contributed by atoms with E-state index in [0.717, 1.165) is 24.2 Å². The van der Waals surface area contributed by atoms with Crippen LogP contribution in [-0.2, 0) is 17.7 Å². The second kappa shape index (κ2) is 9.76. The van der Waals surface area contributed by atoms with Gasteiger partial charge in [0.25, 0.3) is 8.53 Å². The molecule has 0 bridgehead atoms. The van der Waals surface area contributed by atoms with E-state index in [0.29, 0.717) is 13.1 Å². The Morgan fingerprint density at radius 3 is 1.65 bits per heavy atom. The zero-order valence-corrected chi connectivity index (χ0v) is 14.7. The van der Waals surface area contributed by atoms with Gasteiger partial charge >= 0.3 is 0 Å². The van der Waals surface area contributed by atoms with Gasteiger partial charge in [-0.15, -0.1) is 0 Å². The van der Waals surface area contributed by atoms with Crippen LogP contribution in [0.2, 0.25) is 0 Å². The lowest BCUT2D eigenvalue weighted by molar-refractivity contribution is -0.0560. The minimum absolute atomic E-state index is 0.652. The predicted molar refractivity (Wildman–Crippen MR) is 95.3 cm³/mol. The summed E-state index contributed by atoms with van der Waals surface area (Å²) in [5.74, 6) is 0. The summed E-state index contributed by atoms with van der Waals surface area (Å²) >= 11 is 0. The van der Waals surface area contributed by atoms with Crippen molar-refractivity contribution < 1.29 is 9.52 Å². The summed E-state index contributed by atoms with van der Waals surface area (Å²) in [7, 11) is -1.68. The van der Waals surface area contributed by atoms with Gasteiger partial charge in [0, 0.05) is 26.2 Å². The Morgan fingerprint density at radius 2 is 1.26 bits per heavy atom. The summed E-state index contributed by atoms with van der Waals surface area (Å²) < 4.78 is 7.72. The quantitative estimate of drug-likeness (QED) is 0.552. The van der Waals surface area contributed by atoms with Crippen LogP contribution in [0.5, 0.6) is 0 Å². The van der Waals surface area contributed by atoms with Gasteiger partial charge in [0.1, 0.15) is 0 Å². The molecule has 0 aromatic heterocycles. The molecule has 23 heavy (non-hydrogen) atoms. The van der Waals surface area contributed by atoms with Gasteiger partial charge in [-0.3, -0.25) is 0 Å². The Hall–Kier alpha value is -1.29. The Kier molecular flexibility index (Phi) is 7.66. The standard InChI is InChI=1S/C18H25N2O2P/c1-3-19(4-2)22-23(21)20(15-17-11-7-5-8-12-17)16-18-13-9-6-10-14-18/h5-14,21H,3-4,15-16H2,1-2H3. The lowest BCUT2D eigenvalue weighted by Crippen LogP contribution is -2.26. The molecule has 124 valence electrons. The van der Waals surface area contributed by atoms with Crippen LogP contribution in [0.3, 0.4) is 0 Å². The highest BCUT2D eigenvalue weighted by molar-refractivity contribution is 7.43. The molecule has 0 aliphatic rings. The number of hydrogen-bond donors (Lipinski definition) is 1. The van der Waals surface area contributed by atoms with Crippen molar-refractivity contribution in [2.24, 2.45) is 0 Å². The van der Waals surface area contributed by atoms with Gasteiger partial charge in [-0.1, -0.05) is 74.5 Å². The van der Waals surface area contributed by atoms with Crippen molar-refractivity contribution in [3.8, 4) is 0 Å². The molecule has 0 fully saturated rings. The third-order valence-electron chi connectivity index (χ3n) is 3.55. The maximum atomic E-state index is 10.6. The highest BCUT2D eigenvalue weighted by atomic mass is 31.2. The smallest absolute Gasteiger partial charge is 0.274 e. The van der Waals surface area contributed by atoms with Crippen LogP contribution in [0.1, 0.15) is 25.0 Å². The van der Waals surface area contributed by atoms with Crippen LogP contribution < -0.4 is 0 Å². The molecule has 0 heterocycles. The van der Waals surface area contributed by atoms with Crippen molar-refractivity contribution in [2.45, 2.75) is 26.9 Å². The van der Waals surface area contributed by atoms with Crippen molar-refractivity contribution in [1.82, 2.24) is 9.73 Å². The normalized spacial score (nSPS) is 12.7. The summed E-state index contributed by atoms with van der Waals surface area (Å²) in [6, 6.07) is 20.3. The largest absolute Gasteiger partial charge is 0.337 e. The first-order chi connectivity index (χ1) is 11.2. The molecule has 5 heteroatoms. The molecule has 0 aliphatic heterocycles. The van der Waals surface area contributed by atoms with Crippen molar-refractivity contribution in [3.05, 3.63) is 71.8 Å². The van der Waals surface area contributed by atoms with Gasteiger partial charge in [0.2, 0.25) is 0 Å². The van der Waals surface area contributed by atoms with E-state index in [1.165, 1.54) is 0 Å². The molecule has 1 atom stereocenters. The number of nitrogens with zero attached hydrogens (tertiary/aromatic N) is 2. The zero-order valence-electron chi connectivity index (χ0n) is 13.8. The minimum atomic E-state index is -1.68. The Balaban J connectivity index is 2.09. The number of benzene rings is 2. The van der Waals surface area contributed by atoms with Gasteiger partial charge in [-0.05, 0) is 11.1 Å². The Bertz CT molecular complexity index is 508. The molecule has 0 spiro atoms. The van der Waals surface area contributed by atoms with Crippen LogP contribution in [0, 0.1) is 0 Å². The second-order valence-electron chi connectivity index (χ2n) is 5.24. The van der Waals surface area contributed by atoms with Gasteiger partial charge < -0.3 is 4.89 Å². The van der Waals surface area contributed by atoms with Crippen LogP contribution in [-0.4, -0.2) is 27.7 Å². The van der Waals surface area contributed by atoms with Gasteiger partial charge in [0.15, 0.2) is 0 Å². The topological polar surface area (TPSA) is 35.9 Å². The van der Waals surface area contributed by atoms with Crippen molar-refractivity contribution >= 4 is 8.53 Å². The number of hydrogen-bond acceptors (Lipinski definition) is 4. The monoisotopic (exact) mass is 332 g/mol. The average molecular weight is 332 g/mol. The molecule has 2 rings (SSSR count). The molecular weight excluding hydrogens is 307 g/mol. The molecule has 1 unspecified atom stereocenters. The Labute approximate surface area is 140 Å². The average Bonchev–Trinajstić information content (AvgIpc) is 2.60. The molecule has 2 aromatic carbocycles. The predicted octanol–water partition coefficient (Wildman–Crippen LogP) is 4.18. The van der Waals surface area contributed by atoms with Gasteiger partial charge in [-0.25, -0.2) is 9.29 Å². The molecule has 1 N–H and O–H groups in total. The second-order valence-corrected chi connectivity index (χ2v) is 6.48. The number of rotatable bonds is 9. The van der Waals surface area contributed by atoms with Gasteiger partial charge in [0.05, 0.1) is 0 Å².